The van der Waals surface area contributed by atoms with Crippen molar-refractivity contribution in [3.63, 3.8) is 0 Å². The third-order valence-corrected chi connectivity index (χ3v) is 4.41. The monoisotopic (exact) mass is 408 g/mol. The summed E-state index contributed by atoms with van der Waals surface area (Å²) in [6.07, 6.45) is -3.60. The Labute approximate surface area is 162 Å². The fraction of sp³-hybridized carbons (Fsp3) is 0.200. The molecule has 0 unspecified atom stereocenters. The molecule has 1 N–H and O–H groups in total. The molecule has 5 nitrogen and oxygen atoms in total. The van der Waals surface area contributed by atoms with E-state index in [2.05, 4.69) is 0 Å². The first-order valence-corrected chi connectivity index (χ1v) is 8.59. The van der Waals surface area contributed by atoms with Crippen LogP contribution in [-0.2, 0) is 13.1 Å². The maximum absolute atomic E-state index is 14.5. The number of aromatic nitrogens is 2. The Morgan fingerprint density at radius 3 is 1.62 bits per heavy atom. The van der Waals surface area contributed by atoms with Gasteiger partial charge in [0.15, 0.2) is 0 Å². The quantitative estimate of drug-likeness (QED) is 0.636. The summed E-state index contributed by atoms with van der Waals surface area (Å²) in [5.41, 5.74) is -1.97. The number of hydrogen-bond acceptors (Lipinski definition) is 3. The molecule has 2 aromatic carbocycles. The van der Waals surface area contributed by atoms with Gasteiger partial charge in [0, 0.05) is 0 Å². The summed E-state index contributed by atoms with van der Waals surface area (Å²) >= 11 is 0. The zero-order valence-corrected chi connectivity index (χ0v) is 14.9. The molecule has 9 heteroatoms. The summed E-state index contributed by atoms with van der Waals surface area (Å²) < 4.78 is 56.1. The average Bonchev–Trinajstić information content (AvgIpc) is 2.69. The van der Waals surface area contributed by atoms with E-state index >= 15 is 0 Å². The average molecular weight is 408 g/mol. The van der Waals surface area contributed by atoms with Gasteiger partial charge in [-0.15, -0.1) is 0 Å². The standard InChI is InChI=1S/C20H16F4N2O3/c21-14-5-1-12(2-6-14)16(23)10-25-18(27)9-19(28)26(20(25)29)11-17(24)13-3-7-15(22)8-4-13/h1-9,16-17,27H,10-11H2/t16-,17-/m1/s1. The number of halogens is 4. The van der Waals surface area contributed by atoms with Crippen LogP contribution in [0.5, 0.6) is 5.88 Å². The van der Waals surface area contributed by atoms with Crippen LogP contribution in [0.15, 0.2) is 64.2 Å². The highest BCUT2D eigenvalue weighted by molar-refractivity contribution is 5.20. The van der Waals surface area contributed by atoms with Gasteiger partial charge < -0.3 is 5.11 Å². The SMILES string of the molecule is O=c1cc(O)n(C[C@@H](F)c2ccc(F)cc2)c(=O)n1C[C@@H](F)c1ccc(F)cc1. The Bertz CT molecular complexity index is 1110. The van der Waals surface area contributed by atoms with Crippen LogP contribution in [-0.4, -0.2) is 14.2 Å². The molecule has 0 radical (unpaired) electrons. The van der Waals surface area contributed by atoms with Crippen molar-refractivity contribution in [1.29, 1.82) is 0 Å². The van der Waals surface area contributed by atoms with Crippen molar-refractivity contribution >= 4 is 0 Å². The molecule has 0 spiro atoms. The minimum Gasteiger partial charge on any atom is -0.494 e. The Morgan fingerprint density at radius 2 is 1.17 bits per heavy atom. The van der Waals surface area contributed by atoms with Gasteiger partial charge >= 0.3 is 5.69 Å². The van der Waals surface area contributed by atoms with Crippen molar-refractivity contribution in [2.45, 2.75) is 25.4 Å². The molecule has 3 aromatic rings. The second kappa shape index (κ2) is 8.34. The summed E-state index contributed by atoms with van der Waals surface area (Å²) in [5, 5.41) is 9.91. The maximum atomic E-state index is 14.5. The van der Waals surface area contributed by atoms with Gasteiger partial charge in [-0.05, 0) is 35.4 Å². The van der Waals surface area contributed by atoms with E-state index in [1.165, 1.54) is 24.3 Å². The van der Waals surface area contributed by atoms with Gasteiger partial charge in [0.05, 0.1) is 19.2 Å². The molecule has 0 saturated heterocycles. The van der Waals surface area contributed by atoms with Crippen LogP contribution < -0.4 is 11.2 Å². The van der Waals surface area contributed by atoms with Crippen molar-refractivity contribution < 1.29 is 22.7 Å². The zero-order valence-electron chi connectivity index (χ0n) is 14.9. The van der Waals surface area contributed by atoms with E-state index in [4.69, 9.17) is 0 Å². The molecule has 2 atom stereocenters. The lowest BCUT2D eigenvalue weighted by Gasteiger charge is -2.16. The third-order valence-electron chi connectivity index (χ3n) is 4.41. The number of aromatic hydroxyl groups is 1. The molecule has 0 aliphatic carbocycles. The molecule has 0 amide bonds. The second-order valence-electron chi connectivity index (χ2n) is 6.38. The van der Waals surface area contributed by atoms with Crippen LogP contribution in [0.25, 0.3) is 0 Å². The van der Waals surface area contributed by atoms with Gasteiger partial charge in [0.2, 0.25) is 5.88 Å². The van der Waals surface area contributed by atoms with Crippen LogP contribution in [0.1, 0.15) is 23.5 Å². The third kappa shape index (κ3) is 4.56. The molecule has 0 aliphatic heterocycles. The topological polar surface area (TPSA) is 64.2 Å². The molecular formula is C20H16F4N2O3. The Hall–Kier alpha value is -3.36. The smallest absolute Gasteiger partial charge is 0.333 e. The molecule has 0 aliphatic rings. The molecule has 1 heterocycles. The lowest BCUT2D eigenvalue weighted by molar-refractivity contribution is 0.261. The lowest BCUT2D eigenvalue weighted by atomic mass is 10.1. The number of benzene rings is 2. The molecule has 152 valence electrons. The zero-order chi connectivity index (χ0) is 21.1. The van der Waals surface area contributed by atoms with Crippen molar-refractivity contribution in [3.8, 4) is 5.88 Å². The summed E-state index contributed by atoms with van der Waals surface area (Å²) in [5.74, 6) is -1.91. The normalized spacial score (nSPS) is 13.2. The largest absolute Gasteiger partial charge is 0.494 e. The van der Waals surface area contributed by atoms with Crippen molar-refractivity contribution in [3.05, 3.63) is 98.2 Å². The summed E-state index contributed by atoms with van der Waals surface area (Å²) in [4.78, 5) is 24.6. The van der Waals surface area contributed by atoms with Crippen LogP contribution in [0.2, 0.25) is 0 Å². The highest BCUT2D eigenvalue weighted by atomic mass is 19.1. The van der Waals surface area contributed by atoms with E-state index in [9.17, 15) is 32.3 Å². The fourth-order valence-corrected chi connectivity index (χ4v) is 2.82. The van der Waals surface area contributed by atoms with Crippen LogP contribution in [0.3, 0.4) is 0 Å². The Morgan fingerprint density at radius 1 is 0.759 bits per heavy atom. The molecule has 0 saturated carbocycles. The van der Waals surface area contributed by atoms with Gasteiger partial charge in [0.25, 0.3) is 5.56 Å². The number of alkyl halides is 2. The van der Waals surface area contributed by atoms with Gasteiger partial charge in [-0.1, -0.05) is 24.3 Å². The first-order chi connectivity index (χ1) is 13.8. The van der Waals surface area contributed by atoms with E-state index in [1.54, 1.807) is 0 Å². The predicted octanol–water partition coefficient (Wildman–Crippen LogP) is 3.42. The Balaban J connectivity index is 1.89. The van der Waals surface area contributed by atoms with E-state index in [0.717, 1.165) is 24.3 Å². The predicted molar refractivity (Wildman–Crippen MR) is 97.1 cm³/mol. The number of hydrogen-bond donors (Lipinski definition) is 1. The van der Waals surface area contributed by atoms with Gasteiger partial charge in [-0.2, -0.15) is 0 Å². The number of rotatable bonds is 6. The summed E-state index contributed by atoms with van der Waals surface area (Å²) in [7, 11) is 0. The summed E-state index contributed by atoms with van der Waals surface area (Å²) in [6.45, 7) is -1.36. The fourth-order valence-electron chi connectivity index (χ4n) is 2.82. The number of nitrogens with zero attached hydrogens (tertiary/aromatic N) is 2. The maximum Gasteiger partial charge on any atom is 0.333 e. The van der Waals surface area contributed by atoms with Gasteiger partial charge in [0.1, 0.15) is 24.0 Å². The van der Waals surface area contributed by atoms with E-state index < -0.39 is 54.2 Å². The first kappa shape index (κ1) is 20.4. The minimum absolute atomic E-state index is 0.0482. The molecular weight excluding hydrogens is 392 g/mol. The summed E-state index contributed by atoms with van der Waals surface area (Å²) in [6, 6.07) is 9.56. The molecule has 29 heavy (non-hydrogen) atoms. The molecule has 0 fully saturated rings. The second-order valence-corrected chi connectivity index (χ2v) is 6.38. The molecule has 3 rings (SSSR count). The van der Waals surface area contributed by atoms with Gasteiger partial charge in [-0.25, -0.2) is 22.4 Å². The highest BCUT2D eigenvalue weighted by Crippen LogP contribution is 2.22. The van der Waals surface area contributed by atoms with Crippen LogP contribution >= 0.6 is 0 Å². The van der Waals surface area contributed by atoms with Gasteiger partial charge in [-0.3, -0.25) is 13.9 Å². The van der Waals surface area contributed by atoms with E-state index in [1.807, 2.05) is 0 Å². The molecule has 0 bridgehead atoms. The van der Waals surface area contributed by atoms with Crippen molar-refractivity contribution in [2.75, 3.05) is 0 Å². The molecule has 1 aromatic heterocycles. The van der Waals surface area contributed by atoms with E-state index in [0.29, 0.717) is 15.2 Å². The highest BCUT2D eigenvalue weighted by Gasteiger charge is 2.20. The Kier molecular flexibility index (Phi) is 5.86. The van der Waals surface area contributed by atoms with Crippen LogP contribution in [0, 0.1) is 11.6 Å². The first-order valence-electron chi connectivity index (χ1n) is 8.59. The van der Waals surface area contributed by atoms with Crippen LogP contribution in [0.4, 0.5) is 17.6 Å². The van der Waals surface area contributed by atoms with Crippen molar-refractivity contribution in [1.82, 2.24) is 9.13 Å². The van der Waals surface area contributed by atoms with E-state index in [-0.39, 0.29) is 11.1 Å². The van der Waals surface area contributed by atoms with Crippen molar-refractivity contribution in [2.24, 2.45) is 0 Å². The minimum atomic E-state index is -1.81. The lowest BCUT2D eigenvalue weighted by Crippen LogP contribution is -2.40.